The maximum atomic E-state index is 12.9. The van der Waals surface area contributed by atoms with Crippen LogP contribution in [0.25, 0.3) is 16.6 Å². The van der Waals surface area contributed by atoms with Crippen molar-refractivity contribution in [1.82, 2.24) is 24.7 Å². The second-order valence-corrected chi connectivity index (χ2v) is 17.6. The van der Waals surface area contributed by atoms with Crippen molar-refractivity contribution in [2.45, 2.75) is 71.1 Å². The van der Waals surface area contributed by atoms with Crippen molar-refractivity contribution in [1.29, 1.82) is 0 Å². The lowest BCUT2D eigenvalue weighted by atomic mass is 9.71. The van der Waals surface area contributed by atoms with Crippen molar-refractivity contribution in [2.75, 3.05) is 57.3 Å². The fraction of sp³-hybridized carbons (Fsp3) is 0.465. The number of ether oxygens (including phenoxy) is 2. The van der Waals surface area contributed by atoms with Crippen LogP contribution in [0.5, 0.6) is 11.5 Å². The summed E-state index contributed by atoms with van der Waals surface area (Å²) in [6, 6.07) is 18.0. The van der Waals surface area contributed by atoms with E-state index in [4.69, 9.17) is 21.1 Å². The number of likely N-dealkylation sites (tertiary alicyclic amines) is 2. The molecule has 2 aromatic carbocycles. The monoisotopic (exact) mass is 766 g/mol. The zero-order valence-electron chi connectivity index (χ0n) is 32.2. The van der Waals surface area contributed by atoms with Gasteiger partial charge in [-0.3, -0.25) is 9.80 Å². The first kappa shape index (κ1) is 37.3. The molecule has 2 bridgehead atoms. The van der Waals surface area contributed by atoms with Crippen LogP contribution in [0.2, 0.25) is 5.02 Å². The topological polar surface area (TPSA) is 114 Å². The van der Waals surface area contributed by atoms with Crippen LogP contribution in [-0.4, -0.2) is 112 Å². The van der Waals surface area contributed by atoms with E-state index in [0.29, 0.717) is 17.5 Å². The molecule has 4 aromatic rings. The fourth-order valence-electron chi connectivity index (χ4n) is 9.08. The van der Waals surface area contributed by atoms with Crippen LogP contribution >= 0.6 is 11.6 Å². The van der Waals surface area contributed by atoms with Crippen LogP contribution in [0.1, 0.15) is 69.3 Å². The zero-order valence-corrected chi connectivity index (χ0v) is 32.9. The predicted octanol–water partition coefficient (Wildman–Crippen LogP) is 8.17. The summed E-state index contributed by atoms with van der Waals surface area (Å²) in [4.78, 5) is 42.0. The number of carbonyl (C=O) groups excluding carboxylic acids is 1. The van der Waals surface area contributed by atoms with Crippen LogP contribution in [0, 0.1) is 5.41 Å². The minimum atomic E-state index is -1.04. The molecule has 3 saturated heterocycles. The van der Waals surface area contributed by atoms with Gasteiger partial charge in [-0.05, 0) is 99.4 Å². The lowest BCUT2D eigenvalue weighted by molar-refractivity contribution is 0.00911. The SMILES string of the molecule is CC(C)(C)OC(=O)N1CC2CC1CN2C[C@]1(C)CCC(c2ccc(Cl)cc2)=C(CN2CCN(c3ccc(C(=O)O)c(Oc4cnc5[nH]ccc5c4)c3)CC2)C1. The highest BCUT2D eigenvalue weighted by Gasteiger charge is 2.48. The van der Waals surface area contributed by atoms with Gasteiger partial charge in [0.05, 0.1) is 6.20 Å². The van der Waals surface area contributed by atoms with E-state index in [1.54, 1.807) is 12.3 Å². The number of aromatic carboxylic acids is 1. The number of carboxylic acids is 1. The maximum absolute atomic E-state index is 12.9. The molecule has 2 unspecified atom stereocenters. The molecule has 0 spiro atoms. The number of halogens is 1. The number of allylic oxidation sites excluding steroid dienone is 1. The van der Waals surface area contributed by atoms with E-state index >= 15 is 0 Å². The summed E-state index contributed by atoms with van der Waals surface area (Å²) in [5.74, 6) is -0.251. The van der Waals surface area contributed by atoms with E-state index in [2.05, 4.69) is 43.7 Å². The van der Waals surface area contributed by atoms with E-state index in [1.165, 1.54) is 16.7 Å². The minimum Gasteiger partial charge on any atom is -0.478 e. The van der Waals surface area contributed by atoms with Crippen molar-refractivity contribution in [3.05, 3.63) is 88.7 Å². The molecular formula is C43H51ClN6O5. The molecule has 0 saturated carbocycles. The number of rotatable bonds is 9. The Morgan fingerprint density at radius 2 is 1.80 bits per heavy atom. The van der Waals surface area contributed by atoms with E-state index in [1.807, 2.05) is 68.3 Å². The fourth-order valence-corrected chi connectivity index (χ4v) is 9.21. The van der Waals surface area contributed by atoms with Crippen LogP contribution in [0.15, 0.2) is 72.6 Å². The van der Waals surface area contributed by atoms with Crippen molar-refractivity contribution in [2.24, 2.45) is 5.41 Å². The standard InChI is InChI=1S/C43H51ClN6O5/c1-42(2,3)55-41(53)50-26-33-20-34(50)25-49(33)27-43(4)13-11-36(28-5-7-31(44)8-6-28)30(22-43)24-47-15-17-48(18-16-47)32-9-10-37(40(51)52)38(21-32)54-35-19-29-12-14-45-39(29)46-23-35/h5-10,12,14,19,21,23,33-34H,11,13,15-18,20,22,24-27H2,1-4H3,(H,45,46)(H,51,52)/t33?,34?,43-/m1/s1. The number of nitrogens with zero attached hydrogens (tertiary/aromatic N) is 5. The first-order valence-corrected chi connectivity index (χ1v) is 19.8. The number of hydrogen-bond acceptors (Lipinski definition) is 8. The highest BCUT2D eigenvalue weighted by Crippen LogP contribution is 2.46. The molecular weight excluding hydrogens is 716 g/mol. The number of nitrogens with one attached hydrogen (secondary N) is 1. The third-order valence-corrected chi connectivity index (χ3v) is 12.0. The van der Waals surface area contributed by atoms with Gasteiger partial charge in [0.25, 0.3) is 0 Å². The van der Waals surface area contributed by atoms with Gasteiger partial charge in [0.2, 0.25) is 0 Å². The van der Waals surface area contributed by atoms with Gasteiger partial charge in [-0.2, -0.15) is 0 Å². The van der Waals surface area contributed by atoms with E-state index in [0.717, 1.165) is 99.8 Å². The Bertz CT molecular complexity index is 2100. The van der Waals surface area contributed by atoms with E-state index < -0.39 is 11.6 Å². The summed E-state index contributed by atoms with van der Waals surface area (Å²) < 4.78 is 11.9. The van der Waals surface area contributed by atoms with Gasteiger partial charge in [0.1, 0.15) is 28.3 Å². The molecule has 3 atom stereocenters. The summed E-state index contributed by atoms with van der Waals surface area (Å²) in [5.41, 5.74) is 5.62. The largest absolute Gasteiger partial charge is 0.478 e. The highest BCUT2D eigenvalue weighted by atomic mass is 35.5. The third kappa shape index (κ3) is 8.20. The summed E-state index contributed by atoms with van der Waals surface area (Å²) in [5, 5.41) is 11.6. The van der Waals surface area contributed by atoms with Crippen LogP contribution in [0.3, 0.4) is 0 Å². The molecule has 2 aromatic heterocycles. The average Bonchev–Trinajstić information content (AvgIpc) is 3.88. The number of hydrogen-bond donors (Lipinski definition) is 2. The van der Waals surface area contributed by atoms with Gasteiger partial charge >= 0.3 is 12.1 Å². The highest BCUT2D eigenvalue weighted by molar-refractivity contribution is 6.30. The number of amides is 1. The molecule has 12 heteroatoms. The number of pyridine rings is 1. The number of anilines is 1. The van der Waals surface area contributed by atoms with Gasteiger partial charge in [0, 0.05) is 92.8 Å². The Morgan fingerprint density at radius 1 is 1.02 bits per heavy atom. The Balaban J connectivity index is 0.944. The number of piperazine rings is 2. The molecule has 8 rings (SSSR count). The van der Waals surface area contributed by atoms with Gasteiger partial charge in [-0.25, -0.2) is 14.6 Å². The normalized spacial score (nSPS) is 23.5. The first-order valence-electron chi connectivity index (χ1n) is 19.5. The predicted molar refractivity (Wildman–Crippen MR) is 215 cm³/mol. The summed E-state index contributed by atoms with van der Waals surface area (Å²) in [7, 11) is 0. The summed E-state index contributed by atoms with van der Waals surface area (Å²) >= 11 is 6.32. The van der Waals surface area contributed by atoms with Crippen molar-refractivity contribution >= 4 is 46.0 Å². The Labute approximate surface area is 327 Å². The number of H-pyrrole nitrogens is 1. The van der Waals surface area contributed by atoms with Gasteiger partial charge in [-0.15, -0.1) is 0 Å². The van der Waals surface area contributed by atoms with E-state index in [-0.39, 0.29) is 23.1 Å². The number of benzene rings is 2. The van der Waals surface area contributed by atoms with Gasteiger partial charge in [0.15, 0.2) is 0 Å². The van der Waals surface area contributed by atoms with Crippen LogP contribution < -0.4 is 9.64 Å². The zero-order chi connectivity index (χ0) is 38.5. The van der Waals surface area contributed by atoms with Crippen LogP contribution in [-0.2, 0) is 4.74 Å². The lowest BCUT2D eigenvalue weighted by Gasteiger charge is -2.44. The smallest absolute Gasteiger partial charge is 0.410 e. The molecule has 55 heavy (non-hydrogen) atoms. The molecule has 1 amide bonds. The van der Waals surface area contributed by atoms with Gasteiger partial charge < -0.3 is 29.4 Å². The Morgan fingerprint density at radius 3 is 2.51 bits per heavy atom. The number of carboxylic acid groups (broad SMARTS) is 1. The molecule has 3 aliphatic heterocycles. The molecule has 290 valence electrons. The van der Waals surface area contributed by atoms with Crippen molar-refractivity contribution < 1.29 is 24.2 Å². The lowest BCUT2D eigenvalue weighted by Crippen LogP contribution is -2.52. The molecule has 0 radical (unpaired) electrons. The second-order valence-electron chi connectivity index (χ2n) is 17.1. The molecule has 11 nitrogen and oxygen atoms in total. The van der Waals surface area contributed by atoms with Gasteiger partial charge in [-0.1, -0.05) is 36.2 Å². The first-order chi connectivity index (χ1) is 26.3. The minimum absolute atomic E-state index is 0.112. The summed E-state index contributed by atoms with van der Waals surface area (Å²) in [6.07, 6.45) is 7.40. The van der Waals surface area contributed by atoms with Crippen molar-refractivity contribution in [3.8, 4) is 11.5 Å². The number of aromatic amines is 1. The third-order valence-electron chi connectivity index (χ3n) is 11.8. The number of carbonyl (C=O) groups is 2. The van der Waals surface area contributed by atoms with Crippen molar-refractivity contribution in [3.63, 3.8) is 0 Å². The Hall–Kier alpha value is -4.58. The molecule has 1 aliphatic carbocycles. The second kappa shape index (κ2) is 14.8. The number of aromatic nitrogens is 2. The molecule has 3 fully saturated rings. The summed E-state index contributed by atoms with van der Waals surface area (Å²) in [6.45, 7) is 15.2. The molecule has 4 aliphatic rings. The molecule has 2 N–H and O–H groups in total. The Kier molecular flexibility index (Phi) is 10.1. The number of fused-ring (bicyclic) bond motifs is 3. The quantitative estimate of drug-likeness (QED) is 0.174. The molecule has 5 heterocycles. The average molecular weight is 767 g/mol. The van der Waals surface area contributed by atoms with E-state index in [9.17, 15) is 14.7 Å². The van der Waals surface area contributed by atoms with Crippen LogP contribution in [0.4, 0.5) is 10.5 Å². The maximum Gasteiger partial charge on any atom is 0.410 e.